The zero-order chi connectivity index (χ0) is 28.0. The molecule has 0 radical (unpaired) electrons. The van der Waals surface area contributed by atoms with Crippen LogP contribution in [-0.4, -0.2) is 18.5 Å². The third-order valence-electron chi connectivity index (χ3n) is 7.52. The van der Waals surface area contributed by atoms with E-state index in [1.165, 1.54) is 18.9 Å². The van der Waals surface area contributed by atoms with Gasteiger partial charge in [-0.25, -0.2) is 4.79 Å². The zero-order valence-corrected chi connectivity index (χ0v) is 23.3. The van der Waals surface area contributed by atoms with Gasteiger partial charge < -0.3 is 20.9 Å². The first-order valence-corrected chi connectivity index (χ1v) is 14.3. The number of esters is 2. The smallest absolute Gasteiger partial charge is 0.330 e. The van der Waals surface area contributed by atoms with Gasteiger partial charge in [0, 0.05) is 23.4 Å². The minimum absolute atomic E-state index is 0.0279. The highest BCUT2D eigenvalue weighted by atomic mass is 16.5. The summed E-state index contributed by atoms with van der Waals surface area (Å²) in [5.41, 5.74) is 14.9. The number of hydrogen-bond donors (Lipinski definition) is 2. The van der Waals surface area contributed by atoms with E-state index in [9.17, 15) is 9.59 Å². The van der Waals surface area contributed by atoms with Gasteiger partial charge in [0.2, 0.25) is 0 Å². The molecule has 39 heavy (non-hydrogen) atoms. The van der Waals surface area contributed by atoms with Crippen molar-refractivity contribution < 1.29 is 19.1 Å². The second kappa shape index (κ2) is 15.8. The Morgan fingerprint density at radius 3 is 2.36 bits per heavy atom. The summed E-state index contributed by atoms with van der Waals surface area (Å²) in [4.78, 5) is 25.1. The molecule has 2 aromatic carbocycles. The summed E-state index contributed by atoms with van der Waals surface area (Å²) < 4.78 is 11.2. The first-order chi connectivity index (χ1) is 18.9. The number of hydrogen-bond acceptors (Lipinski definition) is 6. The van der Waals surface area contributed by atoms with Crippen LogP contribution in [0.4, 0.5) is 11.4 Å². The van der Waals surface area contributed by atoms with Gasteiger partial charge in [-0.15, -0.1) is 6.58 Å². The zero-order valence-electron chi connectivity index (χ0n) is 23.3. The van der Waals surface area contributed by atoms with E-state index in [0.29, 0.717) is 23.0 Å². The van der Waals surface area contributed by atoms with E-state index in [1.54, 1.807) is 24.3 Å². The normalized spacial score (nSPS) is 18.0. The SMILES string of the molecule is C=CCCCC1CCC(C(=O)Oc2ccc(C=CC(=O)OCC(CCCC)c3cc(N)cc(N)c3)cc2)CC1. The fourth-order valence-corrected chi connectivity index (χ4v) is 5.21. The molecule has 0 aromatic heterocycles. The second-order valence-corrected chi connectivity index (χ2v) is 10.7. The lowest BCUT2D eigenvalue weighted by Crippen LogP contribution is -2.25. The van der Waals surface area contributed by atoms with Crippen molar-refractivity contribution in [3.05, 3.63) is 72.3 Å². The molecule has 210 valence electrons. The Kier molecular flexibility index (Phi) is 12.1. The van der Waals surface area contributed by atoms with E-state index in [0.717, 1.165) is 62.5 Å². The maximum atomic E-state index is 12.6. The van der Waals surface area contributed by atoms with Gasteiger partial charge in [-0.1, -0.05) is 44.4 Å². The standard InChI is InChI=1S/C33H44N2O4/c1-3-5-7-8-24-10-15-26(16-11-24)33(37)39-31-17-12-25(13-18-31)14-19-32(36)38-23-27(9-6-4-2)28-20-29(34)22-30(35)21-28/h3,12-14,17-22,24,26-27H,1,4-11,15-16,23,34-35H2,2H3. The van der Waals surface area contributed by atoms with E-state index in [-0.39, 0.29) is 24.4 Å². The molecule has 4 N–H and O–H groups in total. The fourth-order valence-electron chi connectivity index (χ4n) is 5.21. The van der Waals surface area contributed by atoms with Crippen LogP contribution < -0.4 is 16.2 Å². The van der Waals surface area contributed by atoms with Gasteiger partial charge in [-0.05, 0) is 98.4 Å². The van der Waals surface area contributed by atoms with E-state index >= 15 is 0 Å². The molecule has 0 amide bonds. The molecule has 1 atom stereocenters. The number of rotatable bonds is 14. The number of carbonyl (C=O) groups is 2. The van der Waals surface area contributed by atoms with Crippen LogP contribution in [0.25, 0.3) is 6.08 Å². The molecule has 3 rings (SSSR count). The number of nitrogens with two attached hydrogens (primary N) is 2. The Bertz CT molecular complexity index is 1080. The molecule has 6 heteroatoms. The summed E-state index contributed by atoms with van der Waals surface area (Å²) in [7, 11) is 0. The van der Waals surface area contributed by atoms with Crippen molar-refractivity contribution in [1.82, 2.24) is 0 Å². The number of benzene rings is 2. The first-order valence-electron chi connectivity index (χ1n) is 14.3. The highest BCUT2D eigenvalue weighted by molar-refractivity contribution is 5.87. The van der Waals surface area contributed by atoms with Crippen LogP contribution in [0.3, 0.4) is 0 Å². The van der Waals surface area contributed by atoms with Gasteiger partial charge in [0.15, 0.2) is 0 Å². The molecule has 1 fully saturated rings. The van der Waals surface area contributed by atoms with Crippen LogP contribution in [0.5, 0.6) is 5.75 Å². The highest BCUT2D eigenvalue weighted by Crippen LogP contribution is 2.33. The number of unbranched alkanes of at least 4 members (excludes halogenated alkanes) is 2. The third-order valence-corrected chi connectivity index (χ3v) is 7.52. The van der Waals surface area contributed by atoms with Gasteiger partial charge >= 0.3 is 11.9 Å². The van der Waals surface area contributed by atoms with Crippen LogP contribution in [0.1, 0.15) is 88.2 Å². The van der Waals surface area contributed by atoms with E-state index in [2.05, 4.69) is 13.5 Å². The Balaban J connectivity index is 1.46. The van der Waals surface area contributed by atoms with Crippen LogP contribution in [0, 0.1) is 11.8 Å². The molecule has 1 unspecified atom stereocenters. The lowest BCUT2D eigenvalue weighted by atomic mass is 9.80. The summed E-state index contributed by atoms with van der Waals surface area (Å²) in [6.07, 6.45) is 15.4. The maximum Gasteiger partial charge on any atom is 0.330 e. The van der Waals surface area contributed by atoms with Crippen LogP contribution >= 0.6 is 0 Å². The molecular formula is C33H44N2O4. The topological polar surface area (TPSA) is 105 Å². The first kappa shape index (κ1) is 30.0. The van der Waals surface area contributed by atoms with Gasteiger partial charge in [0.25, 0.3) is 0 Å². The number of ether oxygens (including phenoxy) is 2. The Hall–Kier alpha value is -3.54. The van der Waals surface area contributed by atoms with E-state index < -0.39 is 5.97 Å². The molecule has 1 aliphatic carbocycles. The molecule has 0 heterocycles. The second-order valence-electron chi connectivity index (χ2n) is 10.7. The van der Waals surface area contributed by atoms with Gasteiger partial charge in [-0.2, -0.15) is 0 Å². The van der Waals surface area contributed by atoms with Crippen molar-refractivity contribution in [2.75, 3.05) is 18.1 Å². The molecule has 0 aliphatic heterocycles. The van der Waals surface area contributed by atoms with Crippen molar-refractivity contribution in [1.29, 1.82) is 0 Å². The average Bonchev–Trinajstić information content (AvgIpc) is 2.92. The minimum atomic E-state index is -0.413. The summed E-state index contributed by atoms with van der Waals surface area (Å²) in [6.45, 7) is 6.18. The van der Waals surface area contributed by atoms with E-state index in [1.807, 2.05) is 30.3 Å². The predicted molar refractivity (Wildman–Crippen MR) is 159 cm³/mol. The maximum absolute atomic E-state index is 12.6. The van der Waals surface area contributed by atoms with E-state index in [4.69, 9.17) is 20.9 Å². The average molecular weight is 533 g/mol. The number of carbonyl (C=O) groups excluding carboxylic acids is 2. The van der Waals surface area contributed by atoms with Crippen molar-refractivity contribution in [2.45, 2.75) is 77.0 Å². The minimum Gasteiger partial charge on any atom is -0.462 e. The number of allylic oxidation sites excluding steroid dienone is 1. The van der Waals surface area contributed by atoms with Crippen LogP contribution in [0.15, 0.2) is 61.2 Å². The lowest BCUT2D eigenvalue weighted by Gasteiger charge is -2.27. The number of nitrogen functional groups attached to an aromatic ring is 2. The summed E-state index contributed by atoms with van der Waals surface area (Å²) in [5, 5.41) is 0. The van der Waals surface area contributed by atoms with Gasteiger partial charge in [0.05, 0.1) is 12.5 Å². The molecule has 0 bridgehead atoms. The largest absolute Gasteiger partial charge is 0.462 e. The molecule has 1 saturated carbocycles. The quantitative estimate of drug-likeness (QED) is 0.0654. The summed E-state index contributed by atoms with van der Waals surface area (Å²) in [6, 6.07) is 12.7. The Morgan fingerprint density at radius 2 is 1.72 bits per heavy atom. The van der Waals surface area contributed by atoms with Gasteiger partial charge in [-0.3, -0.25) is 4.79 Å². The fraction of sp³-hybridized carbons (Fsp3) is 0.455. The molecule has 1 aliphatic rings. The molecule has 0 spiro atoms. The number of anilines is 2. The molecule has 6 nitrogen and oxygen atoms in total. The highest BCUT2D eigenvalue weighted by Gasteiger charge is 2.27. The Morgan fingerprint density at radius 1 is 1.03 bits per heavy atom. The van der Waals surface area contributed by atoms with Crippen molar-refractivity contribution in [2.24, 2.45) is 11.8 Å². The van der Waals surface area contributed by atoms with Crippen LogP contribution in [-0.2, 0) is 14.3 Å². The predicted octanol–water partition coefficient (Wildman–Crippen LogP) is 7.45. The van der Waals surface area contributed by atoms with Crippen molar-refractivity contribution >= 4 is 29.4 Å². The third kappa shape index (κ3) is 10.3. The van der Waals surface area contributed by atoms with Crippen molar-refractivity contribution in [3.8, 4) is 5.75 Å². The summed E-state index contributed by atoms with van der Waals surface area (Å²) >= 11 is 0. The van der Waals surface area contributed by atoms with Crippen molar-refractivity contribution in [3.63, 3.8) is 0 Å². The summed E-state index contributed by atoms with van der Waals surface area (Å²) in [5.74, 6) is 0.683. The lowest BCUT2D eigenvalue weighted by molar-refractivity contribution is -0.140. The van der Waals surface area contributed by atoms with Crippen LogP contribution in [0.2, 0.25) is 0 Å². The van der Waals surface area contributed by atoms with Gasteiger partial charge in [0.1, 0.15) is 5.75 Å². The monoisotopic (exact) mass is 532 g/mol. The molecule has 2 aromatic rings. The molecule has 0 saturated heterocycles. The molecular weight excluding hydrogens is 488 g/mol. The Labute approximate surface area is 233 Å².